The minimum atomic E-state index is 0.557. The third kappa shape index (κ3) is 1.50. The highest BCUT2D eigenvalue weighted by atomic mass is 16.5. The molecule has 0 radical (unpaired) electrons. The van der Waals surface area contributed by atoms with Crippen molar-refractivity contribution in [3.63, 3.8) is 0 Å². The summed E-state index contributed by atoms with van der Waals surface area (Å²) < 4.78 is 5.74. The van der Waals surface area contributed by atoms with Gasteiger partial charge in [-0.1, -0.05) is 0 Å². The van der Waals surface area contributed by atoms with Gasteiger partial charge in [0.2, 0.25) is 0 Å². The Hall–Kier alpha value is -0.0800. The van der Waals surface area contributed by atoms with Gasteiger partial charge in [0.25, 0.3) is 0 Å². The van der Waals surface area contributed by atoms with Crippen LogP contribution in [0, 0.1) is 5.92 Å². The van der Waals surface area contributed by atoms with Crippen molar-refractivity contribution < 1.29 is 4.74 Å². The van der Waals surface area contributed by atoms with E-state index in [1.165, 1.54) is 25.9 Å². The lowest BCUT2D eigenvalue weighted by Gasteiger charge is -2.24. The molecule has 2 saturated heterocycles. The van der Waals surface area contributed by atoms with E-state index in [0.717, 1.165) is 12.5 Å². The molecule has 0 saturated carbocycles. The number of fused-ring (bicyclic) bond motifs is 1. The summed E-state index contributed by atoms with van der Waals surface area (Å²) in [6.07, 6.45) is 3.21. The number of hydrogen-bond donors (Lipinski definition) is 0. The van der Waals surface area contributed by atoms with Gasteiger partial charge in [-0.25, -0.2) is 0 Å². The third-order valence-corrected chi connectivity index (χ3v) is 3.19. The van der Waals surface area contributed by atoms with Crippen LogP contribution in [-0.4, -0.2) is 36.7 Å². The van der Waals surface area contributed by atoms with Gasteiger partial charge >= 0.3 is 0 Å². The highest BCUT2D eigenvalue weighted by Gasteiger charge is 2.35. The number of rotatable bonds is 1. The molecule has 0 aliphatic carbocycles. The minimum Gasteiger partial charge on any atom is -0.377 e. The smallest absolute Gasteiger partial charge is 0.0742 e. The van der Waals surface area contributed by atoms with E-state index in [9.17, 15) is 0 Å². The van der Waals surface area contributed by atoms with E-state index < -0.39 is 0 Å². The molecule has 2 aliphatic rings. The topological polar surface area (TPSA) is 12.5 Å². The fraction of sp³-hybridized carbons (Fsp3) is 1.00. The number of ether oxygens (including phenoxy) is 1. The van der Waals surface area contributed by atoms with Crippen LogP contribution in [-0.2, 0) is 4.74 Å². The van der Waals surface area contributed by atoms with Crippen LogP contribution >= 0.6 is 0 Å². The maximum absolute atomic E-state index is 5.74. The standard InChI is InChI=1S/C10H19NO/c1-8(2)11-6-9-4-3-5-12-10(9)7-11/h8-10H,3-7H2,1-2H3. The lowest BCUT2D eigenvalue weighted by atomic mass is 9.98. The van der Waals surface area contributed by atoms with E-state index in [2.05, 4.69) is 18.7 Å². The maximum Gasteiger partial charge on any atom is 0.0742 e. The van der Waals surface area contributed by atoms with Gasteiger partial charge in [-0.05, 0) is 32.6 Å². The summed E-state index contributed by atoms with van der Waals surface area (Å²) in [6.45, 7) is 7.98. The fourth-order valence-corrected chi connectivity index (χ4v) is 2.34. The van der Waals surface area contributed by atoms with Gasteiger partial charge in [-0.3, -0.25) is 4.90 Å². The first-order valence-electron chi connectivity index (χ1n) is 5.13. The summed E-state index contributed by atoms with van der Waals surface area (Å²) >= 11 is 0. The predicted octanol–water partition coefficient (Wildman–Crippen LogP) is 1.51. The molecule has 0 N–H and O–H groups in total. The molecule has 2 heterocycles. The van der Waals surface area contributed by atoms with E-state index in [-0.39, 0.29) is 0 Å². The van der Waals surface area contributed by atoms with E-state index in [1.54, 1.807) is 0 Å². The number of likely N-dealkylation sites (tertiary alicyclic amines) is 1. The summed E-state index contributed by atoms with van der Waals surface area (Å²) in [5.74, 6) is 0.834. The second-order valence-electron chi connectivity index (χ2n) is 4.36. The molecule has 2 aliphatic heterocycles. The molecule has 0 aromatic heterocycles. The Morgan fingerprint density at radius 2 is 2.17 bits per heavy atom. The molecule has 2 rings (SSSR count). The van der Waals surface area contributed by atoms with Crippen LogP contribution in [0.15, 0.2) is 0 Å². The molecule has 2 nitrogen and oxygen atoms in total. The van der Waals surface area contributed by atoms with E-state index in [4.69, 9.17) is 4.74 Å². The average molecular weight is 169 g/mol. The van der Waals surface area contributed by atoms with Gasteiger partial charge in [0, 0.05) is 25.7 Å². The largest absolute Gasteiger partial charge is 0.377 e. The van der Waals surface area contributed by atoms with Gasteiger partial charge in [0.1, 0.15) is 0 Å². The Kier molecular flexibility index (Phi) is 2.37. The van der Waals surface area contributed by atoms with Gasteiger partial charge in [0.15, 0.2) is 0 Å². The lowest BCUT2D eigenvalue weighted by Crippen LogP contribution is -2.30. The van der Waals surface area contributed by atoms with Crippen molar-refractivity contribution in [1.82, 2.24) is 4.90 Å². The zero-order chi connectivity index (χ0) is 8.55. The molecule has 2 heteroatoms. The summed E-state index contributed by atoms with van der Waals surface area (Å²) in [4.78, 5) is 2.54. The van der Waals surface area contributed by atoms with Crippen LogP contribution in [0.25, 0.3) is 0 Å². The maximum atomic E-state index is 5.74. The van der Waals surface area contributed by atoms with Gasteiger partial charge in [0.05, 0.1) is 6.10 Å². The zero-order valence-corrected chi connectivity index (χ0v) is 8.12. The molecule has 0 aromatic carbocycles. The van der Waals surface area contributed by atoms with E-state index in [1.807, 2.05) is 0 Å². The Morgan fingerprint density at radius 1 is 1.33 bits per heavy atom. The third-order valence-electron chi connectivity index (χ3n) is 3.19. The highest BCUT2D eigenvalue weighted by Crippen LogP contribution is 2.29. The van der Waals surface area contributed by atoms with Gasteiger partial charge in [-0.2, -0.15) is 0 Å². The van der Waals surface area contributed by atoms with Crippen molar-refractivity contribution in [2.45, 2.75) is 38.8 Å². The molecule has 0 aromatic rings. The highest BCUT2D eigenvalue weighted by molar-refractivity contribution is 4.88. The van der Waals surface area contributed by atoms with Crippen LogP contribution in [0.2, 0.25) is 0 Å². The van der Waals surface area contributed by atoms with Crippen LogP contribution < -0.4 is 0 Å². The van der Waals surface area contributed by atoms with Crippen LogP contribution in [0.3, 0.4) is 0 Å². The monoisotopic (exact) mass is 169 g/mol. The summed E-state index contributed by atoms with van der Waals surface area (Å²) in [6, 6.07) is 0.694. The molecular weight excluding hydrogens is 150 g/mol. The Morgan fingerprint density at radius 3 is 2.83 bits per heavy atom. The second kappa shape index (κ2) is 3.35. The minimum absolute atomic E-state index is 0.557. The molecule has 0 spiro atoms. The summed E-state index contributed by atoms with van der Waals surface area (Å²) in [7, 11) is 0. The zero-order valence-electron chi connectivity index (χ0n) is 8.12. The molecule has 70 valence electrons. The molecule has 2 unspecified atom stereocenters. The first kappa shape index (κ1) is 8.52. The average Bonchev–Trinajstić information content (AvgIpc) is 2.46. The Bertz CT molecular complexity index is 144. The van der Waals surface area contributed by atoms with Crippen molar-refractivity contribution >= 4 is 0 Å². The lowest BCUT2D eigenvalue weighted by molar-refractivity contribution is -0.00157. The van der Waals surface area contributed by atoms with E-state index in [0.29, 0.717) is 12.1 Å². The molecule has 2 fully saturated rings. The van der Waals surface area contributed by atoms with Crippen LogP contribution in [0.4, 0.5) is 0 Å². The van der Waals surface area contributed by atoms with Crippen molar-refractivity contribution in [1.29, 1.82) is 0 Å². The Labute approximate surface area is 74.9 Å². The number of nitrogens with zero attached hydrogens (tertiary/aromatic N) is 1. The van der Waals surface area contributed by atoms with Gasteiger partial charge in [-0.15, -0.1) is 0 Å². The van der Waals surface area contributed by atoms with Crippen molar-refractivity contribution in [2.75, 3.05) is 19.7 Å². The fourth-order valence-electron chi connectivity index (χ4n) is 2.34. The Balaban J connectivity index is 1.94. The van der Waals surface area contributed by atoms with Crippen LogP contribution in [0.5, 0.6) is 0 Å². The van der Waals surface area contributed by atoms with Crippen molar-refractivity contribution in [2.24, 2.45) is 5.92 Å². The van der Waals surface area contributed by atoms with Crippen molar-refractivity contribution in [3.05, 3.63) is 0 Å². The first-order chi connectivity index (χ1) is 5.77. The van der Waals surface area contributed by atoms with Crippen LogP contribution in [0.1, 0.15) is 26.7 Å². The second-order valence-corrected chi connectivity index (χ2v) is 4.36. The summed E-state index contributed by atoms with van der Waals surface area (Å²) in [5.41, 5.74) is 0. The number of hydrogen-bond acceptors (Lipinski definition) is 2. The van der Waals surface area contributed by atoms with E-state index >= 15 is 0 Å². The molecule has 2 atom stereocenters. The summed E-state index contributed by atoms with van der Waals surface area (Å²) in [5, 5.41) is 0. The predicted molar refractivity (Wildman–Crippen MR) is 49.2 cm³/mol. The van der Waals surface area contributed by atoms with Crippen molar-refractivity contribution in [3.8, 4) is 0 Å². The molecular formula is C10H19NO. The van der Waals surface area contributed by atoms with Gasteiger partial charge < -0.3 is 4.74 Å². The molecule has 0 bridgehead atoms. The normalized spacial score (nSPS) is 37.2. The molecule has 0 amide bonds. The molecule has 12 heavy (non-hydrogen) atoms. The quantitative estimate of drug-likeness (QED) is 0.590. The first-order valence-corrected chi connectivity index (χ1v) is 5.13. The SMILES string of the molecule is CC(C)N1CC2CCCOC2C1.